The lowest BCUT2D eigenvalue weighted by molar-refractivity contribution is -0.148. The van der Waals surface area contributed by atoms with Gasteiger partial charge in [0.1, 0.15) is 0 Å². The number of carbonyl (C=O) groups is 1. The van der Waals surface area contributed by atoms with Gasteiger partial charge in [0.15, 0.2) is 0 Å². The third-order valence-corrected chi connectivity index (χ3v) is 1.71. The maximum absolute atomic E-state index is 12.4. The van der Waals surface area contributed by atoms with Gasteiger partial charge in [-0.15, -0.1) is 0 Å². The topological polar surface area (TPSA) is 26.3 Å². The minimum absolute atomic E-state index is 0.169. The van der Waals surface area contributed by atoms with Crippen molar-refractivity contribution in [2.24, 2.45) is 5.92 Å². The Morgan fingerprint density at radius 1 is 1.54 bits per heavy atom. The molecule has 0 saturated heterocycles. The fourth-order valence-electron chi connectivity index (χ4n) is 0.872. The van der Waals surface area contributed by atoms with Crippen LogP contribution >= 0.6 is 0 Å². The van der Waals surface area contributed by atoms with E-state index >= 15 is 0 Å². The van der Waals surface area contributed by atoms with E-state index in [1.807, 2.05) is 0 Å². The number of ether oxygens (including phenoxy) is 1. The molecule has 1 atom stereocenters. The van der Waals surface area contributed by atoms with Gasteiger partial charge in [-0.1, -0.05) is 6.92 Å². The van der Waals surface area contributed by atoms with Crippen LogP contribution in [0.15, 0.2) is 0 Å². The van der Waals surface area contributed by atoms with E-state index in [4.69, 9.17) is 0 Å². The van der Waals surface area contributed by atoms with Crippen molar-refractivity contribution >= 4 is 5.97 Å². The van der Waals surface area contributed by atoms with Gasteiger partial charge in [-0.2, -0.15) is 0 Å². The minimum Gasteiger partial charge on any atom is -0.466 e. The van der Waals surface area contributed by atoms with E-state index in [0.29, 0.717) is 6.61 Å². The van der Waals surface area contributed by atoms with Crippen LogP contribution in [0.3, 0.4) is 0 Å². The standard InChI is InChI=1S/C9H16F2O2/c1-4-13-8(12)7(2)5-6-9(3,10)11/h7H,4-6H2,1-3H3. The number of halogens is 2. The summed E-state index contributed by atoms with van der Waals surface area (Å²) in [5.74, 6) is -3.53. The lowest BCUT2D eigenvalue weighted by atomic mass is 10.0. The van der Waals surface area contributed by atoms with Crippen molar-refractivity contribution in [3.63, 3.8) is 0 Å². The molecule has 13 heavy (non-hydrogen) atoms. The molecule has 4 heteroatoms. The molecule has 78 valence electrons. The summed E-state index contributed by atoms with van der Waals surface area (Å²) in [4.78, 5) is 11.0. The quantitative estimate of drug-likeness (QED) is 0.629. The molecule has 0 aliphatic rings. The summed E-state index contributed by atoms with van der Waals surface area (Å²) < 4.78 is 29.4. The van der Waals surface area contributed by atoms with Crippen molar-refractivity contribution in [1.29, 1.82) is 0 Å². The average molecular weight is 194 g/mol. The highest BCUT2D eigenvalue weighted by Crippen LogP contribution is 2.22. The van der Waals surface area contributed by atoms with E-state index < -0.39 is 17.8 Å². The number of hydrogen-bond donors (Lipinski definition) is 0. The lowest BCUT2D eigenvalue weighted by Gasteiger charge is -2.13. The van der Waals surface area contributed by atoms with Crippen LogP contribution in [0.4, 0.5) is 8.78 Å². The molecule has 0 aliphatic heterocycles. The monoisotopic (exact) mass is 194 g/mol. The van der Waals surface area contributed by atoms with Crippen LogP contribution in [-0.2, 0) is 9.53 Å². The van der Waals surface area contributed by atoms with Gasteiger partial charge in [-0.05, 0) is 20.3 Å². The predicted molar refractivity (Wildman–Crippen MR) is 45.7 cm³/mol. The summed E-state index contributed by atoms with van der Waals surface area (Å²) in [7, 11) is 0. The van der Waals surface area contributed by atoms with Crippen molar-refractivity contribution < 1.29 is 18.3 Å². The smallest absolute Gasteiger partial charge is 0.308 e. The summed E-state index contributed by atoms with van der Waals surface area (Å²) in [6.45, 7) is 4.44. The average Bonchev–Trinajstić information content (AvgIpc) is 1.99. The summed E-state index contributed by atoms with van der Waals surface area (Å²) >= 11 is 0. The lowest BCUT2D eigenvalue weighted by Crippen LogP contribution is -2.18. The van der Waals surface area contributed by atoms with Gasteiger partial charge in [-0.25, -0.2) is 8.78 Å². The molecule has 0 aromatic heterocycles. The van der Waals surface area contributed by atoms with Gasteiger partial charge in [-0.3, -0.25) is 4.79 Å². The largest absolute Gasteiger partial charge is 0.466 e. The third kappa shape index (κ3) is 6.49. The minimum atomic E-state index is -2.69. The highest BCUT2D eigenvalue weighted by Gasteiger charge is 2.24. The van der Waals surface area contributed by atoms with E-state index in [-0.39, 0.29) is 12.8 Å². The summed E-state index contributed by atoms with van der Waals surface area (Å²) in [6.07, 6.45) is -0.102. The molecule has 0 N–H and O–H groups in total. The normalized spacial score (nSPS) is 13.9. The van der Waals surface area contributed by atoms with E-state index in [0.717, 1.165) is 6.92 Å². The van der Waals surface area contributed by atoms with Gasteiger partial charge in [0.05, 0.1) is 12.5 Å². The Morgan fingerprint density at radius 2 is 2.08 bits per heavy atom. The van der Waals surface area contributed by atoms with Crippen molar-refractivity contribution in [3.8, 4) is 0 Å². The molecule has 1 unspecified atom stereocenters. The molecule has 0 amide bonds. The maximum atomic E-state index is 12.4. The highest BCUT2D eigenvalue weighted by atomic mass is 19.3. The fourth-order valence-corrected chi connectivity index (χ4v) is 0.872. The molecule has 0 fully saturated rings. The highest BCUT2D eigenvalue weighted by molar-refractivity contribution is 5.71. The number of rotatable bonds is 5. The van der Waals surface area contributed by atoms with Crippen molar-refractivity contribution in [3.05, 3.63) is 0 Å². The molecule has 2 nitrogen and oxygen atoms in total. The van der Waals surface area contributed by atoms with Gasteiger partial charge < -0.3 is 4.74 Å². The van der Waals surface area contributed by atoms with Gasteiger partial charge in [0, 0.05) is 6.42 Å². The van der Waals surface area contributed by atoms with E-state index in [9.17, 15) is 13.6 Å². The maximum Gasteiger partial charge on any atom is 0.308 e. The van der Waals surface area contributed by atoms with Crippen LogP contribution < -0.4 is 0 Å². The van der Waals surface area contributed by atoms with Crippen LogP contribution in [-0.4, -0.2) is 18.5 Å². The third-order valence-electron chi connectivity index (χ3n) is 1.71. The van der Waals surface area contributed by atoms with Crippen LogP contribution in [0.2, 0.25) is 0 Å². The second-order valence-corrected chi connectivity index (χ2v) is 3.26. The van der Waals surface area contributed by atoms with Crippen LogP contribution in [0.5, 0.6) is 0 Å². The molecule has 0 aliphatic carbocycles. The molecule has 0 aromatic rings. The second-order valence-electron chi connectivity index (χ2n) is 3.26. The first-order chi connectivity index (χ1) is 5.87. The number of hydrogen-bond acceptors (Lipinski definition) is 2. The van der Waals surface area contributed by atoms with Gasteiger partial charge in [0.25, 0.3) is 0 Å². The van der Waals surface area contributed by atoms with Crippen LogP contribution in [0, 0.1) is 5.92 Å². The van der Waals surface area contributed by atoms with Crippen molar-refractivity contribution in [1.82, 2.24) is 0 Å². The van der Waals surface area contributed by atoms with E-state index in [1.54, 1.807) is 13.8 Å². The first-order valence-corrected chi connectivity index (χ1v) is 4.41. The molecule has 0 bridgehead atoms. The van der Waals surface area contributed by atoms with E-state index in [2.05, 4.69) is 4.74 Å². The number of carbonyl (C=O) groups excluding carboxylic acids is 1. The Balaban J connectivity index is 3.74. The first kappa shape index (κ1) is 12.3. The number of alkyl halides is 2. The van der Waals surface area contributed by atoms with Gasteiger partial charge >= 0.3 is 5.97 Å². The zero-order valence-electron chi connectivity index (χ0n) is 8.27. The molecule has 0 radical (unpaired) electrons. The van der Waals surface area contributed by atoms with Crippen LogP contribution in [0.25, 0.3) is 0 Å². The van der Waals surface area contributed by atoms with Crippen molar-refractivity contribution in [2.75, 3.05) is 6.61 Å². The molecule has 0 heterocycles. The van der Waals surface area contributed by atoms with Gasteiger partial charge in [0.2, 0.25) is 5.92 Å². The molecular weight excluding hydrogens is 178 g/mol. The molecule has 0 rings (SSSR count). The Kier molecular flexibility index (Phi) is 4.88. The second kappa shape index (κ2) is 5.14. The SMILES string of the molecule is CCOC(=O)C(C)CCC(C)(F)F. The number of esters is 1. The molecule has 0 saturated carbocycles. The first-order valence-electron chi connectivity index (χ1n) is 4.41. The molecular formula is C9H16F2O2. The predicted octanol–water partition coefficient (Wildman–Crippen LogP) is 2.62. The summed E-state index contributed by atoms with van der Waals surface area (Å²) in [6, 6.07) is 0. The zero-order chi connectivity index (χ0) is 10.5. The van der Waals surface area contributed by atoms with E-state index in [1.165, 1.54) is 0 Å². The Morgan fingerprint density at radius 3 is 2.46 bits per heavy atom. The summed E-state index contributed by atoms with van der Waals surface area (Å²) in [5, 5.41) is 0. The molecule has 0 spiro atoms. The fraction of sp³-hybridized carbons (Fsp3) is 0.889. The summed E-state index contributed by atoms with van der Waals surface area (Å²) in [5.41, 5.74) is 0. The zero-order valence-corrected chi connectivity index (χ0v) is 8.27. The Labute approximate surface area is 77.3 Å². The Bertz CT molecular complexity index is 163. The Hall–Kier alpha value is -0.670. The van der Waals surface area contributed by atoms with Crippen molar-refractivity contribution in [2.45, 2.75) is 39.5 Å². The van der Waals surface area contributed by atoms with Crippen LogP contribution in [0.1, 0.15) is 33.6 Å². The molecule has 0 aromatic carbocycles.